The molecular formula is C15H28N2O2. The molecule has 110 valence electrons. The second kappa shape index (κ2) is 4.97. The molecule has 1 saturated heterocycles. The Bertz CT molecular complexity index is 345. The SMILES string of the molecule is CC1CCN(C(=O)OC(C)(C)C)CC(C2(N)CC2)C1. The summed E-state index contributed by atoms with van der Waals surface area (Å²) in [5.41, 5.74) is 5.92. The van der Waals surface area contributed by atoms with E-state index in [1.165, 1.54) is 0 Å². The van der Waals surface area contributed by atoms with E-state index < -0.39 is 5.60 Å². The van der Waals surface area contributed by atoms with E-state index in [0.29, 0.717) is 11.8 Å². The molecule has 0 spiro atoms. The summed E-state index contributed by atoms with van der Waals surface area (Å²) in [6.45, 7) is 9.55. The number of rotatable bonds is 1. The summed E-state index contributed by atoms with van der Waals surface area (Å²) in [5.74, 6) is 1.07. The van der Waals surface area contributed by atoms with Gasteiger partial charge in [-0.2, -0.15) is 0 Å². The Morgan fingerprint density at radius 2 is 2.00 bits per heavy atom. The molecule has 2 N–H and O–H groups in total. The molecule has 2 fully saturated rings. The van der Waals surface area contributed by atoms with Crippen LogP contribution in [0.15, 0.2) is 0 Å². The minimum Gasteiger partial charge on any atom is -0.444 e. The molecular weight excluding hydrogens is 240 g/mol. The van der Waals surface area contributed by atoms with Crippen molar-refractivity contribution in [1.29, 1.82) is 0 Å². The molecule has 1 aliphatic heterocycles. The van der Waals surface area contributed by atoms with E-state index in [0.717, 1.165) is 38.8 Å². The molecule has 0 aromatic rings. The monoisotopic (exact) mass is 268 g/mol. The fraction of sp³-hybridized carbons (Fsp3) is 0.933. The zero-order valence-electron chi connectivity index (χ0n) is 12.7. The highest BCUT2D eigenvalue weighted by Crippen LogP contribution is 2.44. The van der Waals surface area contributed by atoms with Gasteiger partial charge in [0.25, 0.3) is 0 Å². The summed E-state index contributed by atoms with van der Waals surface area (Å²) in [6, 6.07) is 0. The van der Waals surface area contributed by atoms with Gasteiger partial charge in [0, 0.05) is 18.6 Å². The Labute approximate surface area is 116 Å². The quantitative estimate of drug-likeness (QED) is 0.795. The predicted octanol–water partition coefficient (Wildman–Crippen LogP) is 2.76. The van der Waals surface area contributed by atoms with Gasteiger partial charge in [0.2, 0.25) is 0 Å². The lowest BCUT2D eigenvalue weighted by Gasteiger charge is -2.30. The smallest absolute Gasteiger partial charge is 0.410 e. The highest BCUT2D eigenvalue weighted by atomic mass is 16.6. The van der Waals surface area contributed by atoms with Gasteiger partial charge >= 0.3 is 6.09 Å². The topological polar surface area (TPSA) is 55.6 Å². The van der Waals surface area contributed by atoms with Gasteiger partial charge in [-0.1, -0.05) is 6.92 Å². The van der Waals surface area contributed by atoms with Crippen molar-refractivity contribution in [2.45, 2.75) is 64.5 Å². The zero-order valence-corrected chi connectivity index (χ0v) is 12.7. The van der Waals surface area contributed by atoms with Crippen LogP contribution in [0.1, 0.15) is 53.4 Å². The van der Waals surface area contributed by atoms with Crippen LogP contribution in [0.3, 0.4) is 0 Å². The number of carbonyl (C=O) groups excluding carboxylic acids is 1. The van der Waals surface area contributed by atoms with Crippen molar-refractivity contribution in [3.05, 3.63) is 0 Å². The molecule has 0 aromatic carbocycles. The third kappa shape index (κ3) is 3.85. The minimum absolute atomic E-state index is 0.0150. The van der Waals surface area contributed by atoms with E-state index in [9.17, 15) is 4.79 Å². The van der Waals surface area contributed by atoms with Crippen molar-refractivity contribution in [3.63, 3.8) is 0 Å². The maximum atomic E-state index is 12.2. The van der Waals surface area contributed by atoms with E-state index in [1.54, 1.807) is 0 Å². The first-order valence-corrected chi connectivity index (χ1v) is 7.46. The number of nitrogens with two attached hydrogens (primary N) is 1. The largest absolute Gasteiger partial charge is 0.444 e. The Kier molecular flexibility index (Phi) is 3.83. The number of likely N-dealkylation sites (tertiary alicyclic amines) is 1. The maximum absolute atomic E-state index is 12.2. The van der Waals surface area contributed by atoms with Crippen LogP contribution in [-0.4, -0.2) is 35.2 Å². The molecule has 0 aromatic heterocycles. The number of carbonyl (C=O) groups is 1. The number of nitrogens with zero attached hydrogens (tertiary/aromatic N) is 1. The number of amides is 1. The first kappa shape index (κ1) is 14.6. The van der Waals surface area contributed by atoms with E-state index in [-0.39, 0.29) is 11.6 Å². The second-order valence-electron chi connectivity index (χ2n) is 7.49. The van der Waals surface area contributed by atoms with Crippen LogP contribution in [0.2, 0.25) is 0 Å². The molecule has 19 heavy (non-hydrogen) atoms. The van der Waals surface area contributed by atoms with Crippen molar-refractivity contribution in [3.8, 4) is 0 Å². The van der Waals surface area contributed by atoms with Gasteiger partial charge in [-0.15, -0.1) is 0 Å². The van der Waals surface area contributed by atoms with Crippen LogP contribution in [0.25, 0.3) is 0 Å². The second-order valence-corrected chi connectivity index (χ2v) is 7.49. The third-order valence-electron chi connectivity index (χ3n) is 4.31. The van der Waals surface area contributed by atoms with E-state index >= 15 is 0 Å². The lowest BCUT2D eigenvalue weighted by atomic mass is 9.88. The number of ether oxygens (including phenoxy) is 1. The fourth-order valence-corrected chi connectivity index (χ4v) is 2.87. The van der Waals surface area contributed by atoms with Crippen molar-refractivity contribution < 1.29 is 9.53 Å². The molecule has 2 rings (SSSR count). The van der Waals surface area contributed by atoms with Crippen molar-refractivity contribution >= 4 is 6.09 Å². The van der Waals surface area contributed by atoms with Gasteiger partial charge in [-0.05, 0) is 58.3 Å². The summed E-state index contributed by atoms with van der Waals surface area (Å²) in [6.07, 6.45) is 4.21. The lowest BCUT2D eigenvalue weighted by molar-refractivity contribution is 0.0225. The van der Waals surface area contributed by atoms with E-state index in [2.05, 4.69) is 6.92 Å². The first-order valence-electron chi connectivity index (χ1n) is 7.46. The molecule has 2 atom stereocenters. The Hall–Kier alpha value is -0.770. The van der Waals surface area contributed by atoms with Gasteiger partial charge in [0.1, 0.15) is 5.60 Å². The maximum Gasteiger partial charge on any atom is 0.410 e. The van der Waals surface area contributed by atoms with Crippen molar-refractivity contribution in [2.75, 3.05) is 13.1 Å². The molecule has 1 aliphatic carbocycles. The summed E-state index contributed by atoms with van der Waals surface area (Å²) >= 11 is 0. The molecule has 0 radical (unpaired) electrons. The highest BCUT2D eigenvalue weighted by Gasteiger charge is 2.47. The van der Waals surface area contributed by atoms with Crippen LogP contribution < -0.4 is 5.73 Å². The highest BCUT2D eigenvalue weighted by molar-refractivity contribution is 5.68. The standard InChI is InChI=1S/C15H28N2O2/c1-11-5-8-17(13(18)19-14(2,3)4)10-12(9-11)15(16)6-7-15/h11-12H,5-10,16H2,1-4H3. The van der Waals surface area contributed by atoms with Crippen molar-refractivity contribution in [2.24, 2.45) is 17.6 Å². The van der Waals surface area contributed by atoms with Gasteiger partial charge in [0.15, 0.2) is 0 Å². The average Bonchev–Trinajstić information content (AvgIpc) is 3.00. The Morgan fingerprint density at radius 1 is 1.37 bits per heavy atom. The molecule has 4 heteroatoms. The molecule has 2 aliphatic rings. The third-order valence-corrected chi connectivity index (χ3v) is 4.31. The van der Waals surface area contributed by atoms with Crippen molar-refractivity contribution in [1.82, 2.24) is 4.90 Å². The van der Waals surface area contributed by atoms with Crippen LogP contribution in [-0.2, 0) is 4.74 Å². The van der Waals surface area contributed by atoms with Crippen LogP contribution in [0.5, 0.6) is 0 Å². The zero-order chi connectivity index (χ0) is 14.3. The normalized spacial score (nSPS) is 30.7. The Morgan fingerprint density at radius 3 is 2.53 bits per heavy atom. The van der Waals surface area contributed by atoms with Crippen LogP contribution in [0.4, 0.5) is 4.79 Å². The molecule has 4 nitrogen and oxygen atoms in total. The Balaban J connectivity index is 2.02. The van der Waals surface area contributed by atoms with E-state index in [1.807, 2.05) is 25.7 Å². The lowest BCUT2D eigenvalue weighted by Crippen LogP contribution is -2.44. The molecule has 1 heterocycles. The summed E-state index contributed by atoms with van der Waals surface area (Å²) < 4.78 is 5.50. The number of hydrogen-bond donors (Lipinski definition) is 1. The minimum atomic E-state index is -0.426. The van der Waals surface area contributed by atoms with Gasteiger partial charge in [-0.25, -0.2) is 4.79 Å². The molecule has 1 saturated carbocycles. The molecule has 1 amide bonds. The fourth-order valence-electron chi connectivity index (χ4n) is 2.87. The first-order chi connectivity index (χ1) is 8.70. The van der Waals surface area contributed by atoms with E-state index in [4.69, 9.17) is 10.5 Å². The summed E-state index contributed by atoms with van der Waals surface area (Å²) in [4.78, 5) is 14.1. The summed E-state index contributed by atoms with van der Waals surface area (Å²) in [7, 11) is 0. The summed E-state index contributed by atoms with van der Waals surface area (Å²) in [5, 5.41) is 0. The van der Waals surface area contributed by atoms with Gasteiger partial charge in [-0.3, -0.25) is 0 Å². The van der Waals surface area contributed by atoms with Gasteiger partial charge < -0.3 is 15.4 Å². The number of hydrogen-bond acceptors (Lipinski definition) is 3. The molecule has 2 unspecified atom stereocenters. The molecule has 0 bridgehead atoms. The van der Waals surface area contributed by atoms with Gasteiger partial charge in [0.05, 0.1) is 0 Å². The van der Waals surface area contributed by atoms with Crippen LogP contribution >= 0.6 is 0 Å². The average molecular weight is 268 g/mol. The predicted molar refractivity (Wildman–Crippen MR) is 75.8 cm³/mol. The van der Waals surface area contributed by atoms with Crippen LogP contribution in [0, 0.1) is 11.8 Å².